The fourth-order valence-electron chi connectivity index (χ4n) is 4.15. The molecule has 4 rings (SSSR count). The number of ether oxygens (including phenoxy) is 1. The number of carbonyl (C=O) groups excluding carboxylic acids is 1. The van der Waals surface area contributed by atoms with E-state index in [0.717, 1.165) is 24.3 Å². The van der Waals surface area contributed by atoms with E-state index in [9.17, 15) is 13.2 Å². The lowest BCUT2D eigenvalue weighted by molar-refractivity contribution is 0.0746. The van der Waals surface area contributed by atoms with Crippen molar-refractivity contribution < 1.29 is 17.9 Å². The number of rotatable bonds is 6. The molecule has 34 heavy (non-hydrogen) atoms. The molecule has 7 nitrogen and oxygen atoms in total. The summed E-state index contributed by atoms with van der Waals surface area (Å²) in [6.07, 6.45) is 0. The Kier molecular flexibility index (Phi) is 6.79. The Bertz CT molecular complexity index is 1270. The highest BCUT2D eigenvalue weighted by Crippen LogP contribution is 2.31. The number of aryl methyl sites for hydroxylation is 1. The predicted molar refractivity (Wildman–Crippen MR) is 134 cm³/mol. The molecule has 0 bridgehead atoms. The van der Waals surface area contributed by atoms with Crippen LogP contribution in [-0.4, -0.2) is 59.6 Å². The first-order valence-corrected chi connectivity index (χ1v) is 12.6. The van der Waals surface area contributed by atoms with Crippen LogP contribution in [0.4, 0.5) is 11.4 Å². The van der Waals surface area contributed by atoms with Crippen LogP contribution in [-0.2, 0) is 10.0 Å². The lowest BCUT2D eigenvalue weighted by Gasteiger charge is -2.36. The Morgan fingerprint density at radius 1 is 0.912 bits per heavy atom. The molecule has 1 aliphatic rings. The van der Waals surface area contributed by atoms with Gasteiger partial charge in [0, 0.05) is 44.5 Å². The summed E-state index contributed by atoms with van der Waals surface area (Å²) >= 11 is 0. The molecule has 0 atom stereocenters. The highest BCUT2D eigenvalue weighted by atomic mass is 32.2. The van der Waals surface area contributed by atoms with Gasteiger partial charge in [-0.1, -0.05) is 36.4 Å². The summed E-state index contributed by atoms with van der Waals surface area (Å²) in [6, 6.07) is 21.8. The van der Waals surface area contributed by atoms with E-state index >= 15 is 0 Å². The van der Waals surface area contributed by atoms with Crippen LogP contribution in [0.3, 0.4) is 0 Å². The smallest absolute Gasteiger partial charge is 0.264 e. The van der Waals surface area contributed by atoms with Gasteiger partial charge in [0.25, 0.3) is 15.9 Å². The van der Waals surface area contributed by atoms with Crippen molar-refractivity contribution in [1.29, 1.82) is 0 Å². The largest absolute Gasteiger partial charge is 0.495 e. The number of sulfonamides is 1. The SMILES string of the molecule is COc1ccccc1N(C)S(=O)(=O)c1ccc(C)c(C(=O)N2CCN(c3ccccc3)CC2)c1. The number of carbonyl (C=O) groups is 1. The highest BCUT2D eigenvalue weighted by Gasteiger charge is 2.28. The van der Waals surface area contributed by atoms with Crippen LogP contribution in [0.1, 0.15) is 15.9 Å². The number of piperazine rings is 1. The number of nitrogens with zero attached hydrogens (tertiary/aromatic N) is 3. The van der Waals surface area contributed by atoms with Crippen molar-refractivity contribution in [2.45, 2.75) is 11.8 Å². The summed E-state index contributed by atoms with van der Waals surface area (Å²) in [5.41, 5.74) is 2.71. The van der Waals surface area contributed by atoms with Crippen molar-refractivity contribution in [3.05, 3.63) is 83.9 Å². The van der Waals surface area contributed by atoms with Gasteiger partial charge in [-0.25, -0.2) is 8.42 Å². The van der Waals surface area contributed by atoms with Gasteiger partial charge in [0.2, 0.25) is 0 Å². The molecule has 1 aliphatic heterocycles. The van der Waals surface area contributed by atoms with Crippen LogP contribution < -0.4 is 13.9 Å². The number of benzene rings is 3. The molecule has 8 heteroatoms. The van der Waals surface area contributed by atoms with Crippen LogP contribution in [0, 0.1) is 6.92 Å². The monoisotopic (exact) mass is 479 g/mol. The van der Waals surface area contributed by atoms with Gasteiger partial charge >= 0.3 is 0 Å². The van der Waals surface area contributed by atoms with E-state index < -0.39 is 10.0 Å². The molecule has 0 unspecified atom stereocenters. The van der Waals surface area contributed by atoms with Gasteiger partial charge < -0.3 is 14.5 Å². The fourth-order valence-corrected chi connectivity index (χ4v) is 5.38. The summed E-state index contributed by atoms with van der Waals surface area (Å²) < 4.78 is 33.3. The molecule has 0 spiro atoms. The number of para-hydroxylation sites is 3. The lowest BCUT2D eigenvalue weighted by Crippen LogP contribution is -2.49. The average Bonchev–Trinajstić information content (AvgIpc) is 2.88. The molecular weight excluding hydrogens is 450 g/mol. The van der Waals surface area contributed by atoms with Crippen molar-refractivity contribution in [3.8, 4) is 5.75 Å². The third-order valence-corrected chi connectivity index (χ3v) is 7.98. The highest BCUT2D eigenvalue weighted by molar-refractivity contribution is 7.92. The van der Waals surface area contributed by atoms with Crippen LogP contribution >= 0.6 is 0 Å². The molecule has 178 valence electrons. The molecule has 0 radical (unpaired) electrons. The van der Waals surface area contributed by atoms with Crippen molar-refractivity contribution in [2.75, 3.05) is 49.5 Å². The molecular formula is C26H29N3O4S. The average molecular weight is 480 g/mol. The Labute approximate surface area is 201 Å². The Hall–Kier alpha value is -3.52. The molecule has 1 heterocycles. The minimum absolute atomic E-state index is 0.0674. The Morgan fingerprint density at radius 3 is 2.24 bits per heavy atom. The number of amides is 1. The topological polar surface area (TPSA) is 70.2 Å². The first-order valence-electron chi connectivity index (χ1n) is 11.1. The van der Waals surface area contributed by atoms with Crippen molar-refractivity contribution in [1.82, 2.24) is 4.90 Å². The second-order valence-corrected chi connectivity index (χ2v) is 10.2. The standard InChI is InChI=1S/C26H29N3O4S/c1-20-13-14-22(34(31,32)27(2)24-11-7-8-12-25(24)33-3)19-23(20)26(30)29-17-15-28(16-18-29)21-9-5-4-6-10-21/h4-14,19H,15-18H2,1-3H3. The van der Waals surface area contributed by atoms with Crippen molar-refractivity contribution >= 4 is 27.3 Å². The van der Waals surface area contributed by atoms with E-state index in [2.05, 4.69) is 17.0 Å². The van der Waals surface area contributed by atoms with Crippen LogP contribution in [0.5, 0.6) is 5.75 Å². The first kappa shape index (κ1) is 23.6. The van der Waals surface area contributed by atoms with Crippen LogP contribution in [0.15, 0.2) is 77.7 Å². The number of methoxy groups -OCH3 is 1. The molecule has 1 saturated heterocycles. The zero-order valence-corrected chi connectivity index (χ0v) is 20.5. The summed E-state index contributed by atoms with van der Waals surface area (Å²) in [5, 5.41) is 0. The summed E-state index contributed by atoms with van der Waals surface area (Å²) in [7, 11) is -0.916. The molecule has 0 aliphatic carbocycles. The lowest BCUT2D eigenvalue weighted by atomic mass is 10.1. The molecule has 3 aromatic carbocycles. The Balaban J connectivity index is 1.55. The number of hydrogen-bond donors (Lipinski definition) is 0. The minimum atomic E-state index is -3.90. The summed E-state index contributed by atoms with van der Waals surface area (Å²) in [4.78, 5) is 17.5. The van der Waals surface area contributed by atoms with Gasteiger partial charge in [0.1, 0.15) is 5.75 Å². The number of anilines is 2. The van der Waals surface area contributed by atoms with Crippen molar-refractivity contribution in [2.24, 2.45) is 0 Å². The van der Waals surface area contributed by atoms with Gasteiger partial charge in [-0.05, 0) is 48.9 Å². The first-order chi connectivity index (χ1) is 16.3. The maximum absolute atomic E-state index is 13.4. The van der Waals surface area contributed by atoms with Gasteiger partial charge in [0.15, 0.2) is 0 Å². The van der Waals surface area contributed by atoms with E-state index in [-0.39, 0.29) is 10.8 Å². The summed E-state index contributed by atoms with van der Waals surface area (Å²) in [6.45, 7) is 4.43. The second kappa shape index (κ2) is 9.77. The molecule has 1 fully saturated rings. The normalized spacial score (nSPS) is 14.1. The fraction of sp³-hybridized carbons (Fsp3) is 0.269. The molecule has 1 amide bonds. The van der Waals surface area contributed by atoms with E-state index in [1.165, 1.54) is 24.5 Å². The predicted octanol–water partition coefficient (Wildman–Crippen LogP) is 3.79. The van der Waals surface area contributed by atoms with E-state index in [1.807, 2.05) is 25.1 Å². The Morgan fingerprint density at radius 2 is 1.56 bits per heavy atom. The third kappa shape index (κ3) is 4.59. The third-order valence-electron chi connectivity index (χ3n) is 6.21. The molecule has 0 N–H and O–H groups in total. The molecule has 3 aromatic rings. The quantitative estimate of drug-likeness (QED) is 0.538. The van der Waals surface area contributed by atoms with Crippen LogP contribution in [0.2, 0.25) is 0 Å². The van der Waals surface area contributed by atoms with Gasteiger partial charge in [-0.2, -0.15) is 0 Å². The van der Waals surface area contributed by atoms with Gasteiger partial charge in [0.05, 0.1) is 17.7 Å². The van der Waals surface area contributed by atoms with Gasteiger partial charge in [-0.15, -0.1) is 0 Å². The van der Waals surface area contributed by atoms with E-state index in [4.69, 9.17) is 4.74 Å². The summed E-state index contributed by atoms with van der Waals surface area (Å²) in [5.74, 6) is 0.301. The molecule has 0 saturated carbocycles. The van der Waals surface area contributed by atoms with E-state index in [0.29, 0.717) is 30.1 Å². The van der Waals surface area contributed by atoms with Gasteiger partial charge in [-0.3, -0.25) is 9.10 Å². The van der Waals surface area contributed by atoms with E-state index in [1.54, 1.807) is 41.3 Å². The second-order valence-electron chi connectivity index (χ2n) is 8.24. The maximum atomic E-state index is 13.4. The van der Waals surface area contributed by atoms with Crippen LogP contribution in [0.25, 0.3) is 0 Å². The van der Waals surface area contributed by atoms with Crippen molar-refractivity contribution in [3.63, 3.8) is 0 Å². The minimum Gasteiger partial charge on any atom is -0.495 e. The maximum Gasteiger partial charge on any atom is 0.264 e. The number of hydrogen-bond acceptors (Lipinski definition) is 5. The zero-order chi connectivity index (χ0) is 24.3. The molecule has 0 aromatic heterocycles. The zero-order valence-electron chi connectivity index (χ0n) is 19.6.